The van der Waals surface area contributed by atoms with Gasteiger partial charge < -0.3 is 10.6 Å². The highest BCUT2D eigenvalue weighted by Crippen LogP contribution is 2.28. The monoisotopic (exact) mass is 344 g/mol. The van der Waals surface area contributed by atoms with E-state index in [9.17, 15) is 4.79 Å². The Morgan fingerprint density at radius 3 is 2.21 bits per heavy atom. The molecule has 0 radical (unpaired) electrons. The van der Waals surface area contributed by atoms with Crippen molar-refractivity contribution in [1.29, 1.82) is 0 Å². The standard InChI is InChI=1S/C20H24N2O.ClH/c21-13-16-9-11-19(12-10-16)20(23)22(15-18-7-4-8-18)14-17-5-2-1-3-6-17;/h1-3,5-6,9-12,18H,4,7-8,13-15,21H2;1H. The highest BCUT2D eigenvalue weighted by Gasteiger charge is 2.24. The molecule has 3 rings (SSSR count). The minimum atomic E-state index is 0. The van der Waals surface area contributed by atoms with E-state index in [0.29, 0.717) is 19.0 Å². The molecule has 2 N–H and O–H groups in total. The molecule has 0 atom stereocenters. The number of hydrogen-bond donors (Lipinski definition) is 1. The molecule has 1 amide bonds. The van der Waals surface area contributed by atoms with E-state index in [1.807, 2.05) is 47.4 Å². The molecule has 0 aromatic heterocycles. The molecule has 128 valence electrons. The Labute approximate surface area is 150 Å². The first kappa shape index (κ1) is 18.5. The lowest BCUT2D eigenvalue weighted by molar-refractivity contribution is 0.0679. The maximum Gasteiger partial charge on any atom is 0.254 e. The molecule has 0 spiro atoms. The van der Waals surface area contributed by atoms with Crippen LogP contribution in [0.2, 0.25) is 0 Å². The van der Waals surface area contributed by atoms with Crippen molar-refractivity contribution < 1.29 is 4.79 Å². The average Bonchev–Trinajstić information content (AvgIpc) is 2.57. The summed E-state index contributed by atoms with van der Waals surface area (Å²) in [6.07, 6.45) is 3.78. The summed E-state index contributed by atoms with van der Waals surface area (Å²) in [5.41, 5.74) is 8.61. The number of carbonyl (C=O) groups is 1. The van der Waals surface area contributed by atoms with Gasteiger partial charge in [-0.05, 0) is 42.0 Å². The van der Waals surface area contributed by atoms with Gasteiger partial charge in [0.05, 0.1) is 0 Å². The second-order valence-electron chi connectivity index (χ2n) is 6.37. The lowest BCUT2D eigenvalue weighted by Gasteiger charge is -2.32. The molecule has 3 nitrogen and oxygen atoms in total. The lowest BCUT2D eigenvalue weighted by Crippen LogP contribution is -2.37. The topological polar surface area (TPSA) is 46.3 Å². The van der Waals surface area contributed by atoms with Gasteiger partial charge in [-0.1, -0.05) is 48.9 Å². The highest BCUT2D eigenvalue weighted by molar-refractivity contribution is 5.94. The van der Waals surface area contributed by atoms with Gasteiger partial charge >= 0.3 is 0 Å². The molecule has 4 heteroatoms. The van der Waals surface area contributed by atoms with Crippen LogP contribution in [-0.4, -0.2) is 17.4 Å². The van der Waals surface area contributed by atoms with Crippen LogP contribution in [0.4, 0.5) is 0 Å². The van der Waals surface area contributed by atoms with Gasteiger partial charge in [-0.2, -0.15) is 0 Å². The van der Waals surface area contributed by atoms with Gasteiger partial charge in [0.1, 0.15) is 0 Å². The molecule has 0 unspecified atom stereocenters. The normalized spacial score (nSPS) is 13.7. The van der Waals surface area contributed by atoms with Crippen molar-refractivity contribution in [2.75, 3.05) is 6.54 Å². The zero-order valence-electron chi connectivity index (χ0n) is 13.9. The smallest absolute Gasteiger partial charge is 0.254 e. The fourth-order valence-electron chi connectivity index (χ4n) is 2.98. The van der Waals surface area contributed by atoms with E-state index in [4.69, 9.17) is 5.73 Å². The Morgan fingerprint density at radius 2 is 1.67 bits per heavy atom. The molecular formula is C20H25ClN2O. The van der Waals surface area contributed by atoms with E-state index in [2.05, 4.69) is 12.1 Å². The summed E-state index contributed by atoms with van der Waals surface area (Å²) in [6.45, 7) is 2.03. The van der Waals surface area contributed by atoms with Crippen LogP contribution < -0.4 is 5.73 Å². The van der Waals surface area contributed by atoms with E-state index >= 15 is 0 Å². The Bertz CT molecular complexity index is 638. The van der Waals surface area contributed by atoms with Crippen molar-refractivity contribution in [2.45, 2.75) is 32.4 Å². The number of nitrogens with zero attached hydrogens (tertiary/aromatic N) is 1. The molecule has 0 heterocycles. The fraction of sp³-hybridized carbons (Fsp3) is 0.350. The summed E-state index contributed by atoms with van der Waals surface area (Å²) in [5, 5.41) is 0. The van der Waals surface area contributed by atoms with Gasteiger partial charge in [0.25, 0.3) is 5.91 Å². The summed E-state index contributed by atoms with van der Waals surface area (Å²) in [5.74, 6) is 0.773. The van der Waals surface area contributed by atoms with Crippen molar-refractivity contribution in [1.82, 2.24) is 4.90 Å². The van der Waals surface area contributed by atoms with Crippen molar-refractivity contribution >= 4 is 18.3 Å². The maximum absolute atomic E-state index is 12.9. The number of rotatable bonds is 6. The van der Waals surface area contributed by atoms with Crippen LogP contribution in [0.3, 0.4) is 0 Å². The quantitative estimate of drug-likeness (QED) is 0.860. The van der Waals surface area contributed by atoms with E-state index < -0.39 is 0 Å². The molecule has 24 heavy (non-hydrogen) atoms. The van der Waals surface area contributed by atoms with Gasteiger partial charge in [0.2, 0.25) is 0 Å². The molecular weight excluding hydrogens is 320 g/mol. The largest absolute Gasteiger partial charge is 0.334 e. The lowest BCUT2D eigenvalue weighted by atomic mass is 9.85. The predicted octanol–water partition coefficient (Wildman–Crippen LogP) is 4.01. The average molecular weight is 345 g/mol. The van der Waals surface area contributed by atoms with Crippen LogP contribution >= 0.6 is 12.4 Å². The van der Waals surface area contributed by atoms with Crippen LogP contribution in [-0.2, 0) is 13.1 Å². The maximum atomic E-state index is 12.9. The van der Waals surface area contributed by atoms with Gasteiger partial charge in [0.15, 0.2) is 0 Å². The summed E-state index contributed by atoms with van der Waals surface area (Å²) in [7, 11) is 0. The molecule has 0 bridgehead atoms. The minimum absolute atomic E-state index is 0. The number of nitrogens with two attached hydrogens (primary N) is 1. The van der Waals surface area contributed by atoms with E-state index in [1.54, 1.807) is 0 Å². The second-order valence-corrected chi connectivity index (χ2v) is 6.37. The first-order valence-corrected chi connectivity index (χ1v) is 8.38. The third kappa shape index (κ3) is 4.59. The summed E-state index contributed by atoms with van der Waals surface area (Å²) in [6, 6.07) is 17.9. The number of halogens is 1. The zero-order chi connectivity index (χ0) is 16.1. The molecule has 1 fully saturated rings. The molecule has 1 aliphatic carbocycles. The van der Waals surface area contributed by atoms with Crippen LogP contribution in [0.5, 0.6) is 0 Å². The number of amides is 1. The summed E-state index contributed by atoms with van der Waals surface area (Å²) < 4.78 is 0. The molecule has 2 aromatic rings. The van der Waals surface area contributed by atoms with Crippen LogP contribution in [0.1, 0.15) is 40.7 Å². The number of carbonyl (C=O) groups excluding carboxylic acids is 1. The first-order valence-electron chi connectivity index (χ1n) is 8.38. The number of benzene rings is 2. The summed E-state index contributed by atoms with van der Waals surface area (Å²) >= 11 is 0. The Kier molecular flexibility index (Phi) is 6.83. The third-order valence-corrected chi connectivity index (χ3v) is 4.64. The van der Waals surface area contributed by atoms with Crippen molar-refractivity contribution in [3.63, 3.8) is 0 Å². The second kappa shape index (κ2) is 8.86. The predicted molar refractivity (Wildman–Crippen MR) is 100 cm³/mol. The van der Waals surface area contributed by atoms with Crippen LogP contribution in [0.25, 0.3) is 0 Å². The molecule has 0 aliphatic heterocycles. The fourth-order valence-corrected chi connectivity index (χ4v) is 2.98. The van der Waals surface area contributed by atoms with Crippen molar-refractivity contribution in [3.05, 3.63) is 71.3 Å². The Balaban J connectivity index is 0.00000208. The van der Waals surface area contributed by atoms with E-state index in [0.717, 1.165) is 17.7 Å². The Hall–Kier alpha value is -1.84. The molecule has 1 aliphatic rings. The molecule has 1 saturated carbocycles. The van der Waals surface area contributed by atoms with Gasteiger partial charge in [-0.15, -0.1) is 12.4 Å². The first-order chi connectivity index (χ1) is 11.3. The van der Waals surface area contributed by atoms with Crippen molar-refractivity contribution in [3.8, 4) is 0 Å². The van der Waals surface area contributed by atoms with E-state index in [1.165, 1.54) is 24.8 Å². The Morgan fingerprint density at radius 1 is 1.00 bits per heavy atom. The van der Waals surface area contributed by atoms with Crippen molar-refractivity contribution in [2.24, 2.45) is 11.7 Å². The van der Waals surface area contributed by atoms with Crippen LogP contribution in [0.15, 0.2) is 54.6 Å². The SMILES string of the molecule is Cl.NCc1ccc(C(=O)N(Cc2ccccc2)CC2CCC2)cc1. The van der Waals surface area contributed by atoms with Gasteiger partial charge in [0, 0.05) is 25.2 Å². The highest BCUT2D eigenvalue weighted by atomic mass is 35.5. The summed E-state index contributed by atoms with van der Waals surface area (Å²) in [4.78, 5) is 14.9. The zero-order valence-corrected chi connectivity index (χ0v) is 14.7. The van der Waals surface area contributed by atoms with Gasteiger partial charge in [-0.3, -0.25) is 4.79 Å². The molecule has 2 aromatic carbocycles. The number of hydrogen-bond acceptors (Lipinski definition) is 2. The third-order valence-electron chi connectivity index (χ3n) is 4.64. The molecule has 0 saturated heterocycles. The minimum Gasteiger partial charge on any atom is -0.334 e. The van der Waals surface area contributed by atoms with Gasteiger partial charge in [-0.25, -0.2) is 0 Å². The van der Waals surface area contributed by atoms with E-state index in [-0.39, 0.29) is 18.3 Å². The van der Waals surface area contributed by atoms with Crippen LogP contribution in [0, 0.1) is 5.92 Å².